The SMILES string of the molecule is CN(CC(=O)N(C)CC(=O)NC(C)(C)C)Cc1nc2ccccc2c(=O)[nH]1. The van der Waals surface area contributed by atoms with Crippen molar-refractivity contribution in [3.63, 3.8) is 0 Å². The average molecular weight is 373 g/mol. The maximum Gasteiger partial charge on any atom is 0.258 e. The van der Waals surface area contributed by atoms with Crippen molar-refractivity contribution in [3.8, 4) is 0 Å². The number of aromatic amines is 1. The molecule has 0 aliphatic heterocycles. The zero-order valence-electron chi connectivity index (χ0n) is 16.5. The van der Waals surface area contributed by atoms with Gasteiger partial charge < -0.3 is 15.2 Å². The van der Waals surface area contributed by atoms with E-state index in [2.05, 4.69) is 15.3 Å². The number of hydrogen-bond donors (Lipinski definition) is 2. The molecule has 27 heavy (non-hydrogen) atoms. The van der Waals surface area contributed by atoms with E-state index in [-0.39, 0.29) is 36.0 Å². The minimum Gasteiger partial charge on any atom is -0.350 e. The van der Waals surface area contributed by atoms with Crippen molar-refractivity contribution < 1.29 is 9.59 Å². The second kappa shape index (κ2) is 8.30. The molecule has 2 aromatic rings. The molecule has 146 valence electrons. The maximum absolute atomic E-state index is 12.3. The molecule has 0 aliphatic rings. The van der Waals surface area contributed by atoms with Gasteiger partial charge in [-0.25, -0.2) is 4.98 Å². The molecule has 0 atom stereocenters. The number of carbonyl (C=O) groups is 2. The van der Waals surface area contributed by atoms with E-state index in [1.54, 1.807) is 37.2 Å². The van der Waals surface area contributed by atoms with Crippen LogP contribution in [0.25, 0.3) is 10.9 Å². The molecule has 8 nitrogen and oxygen atoms in total. The van der Waals surface area contributed by atoms with Crippen LogP contribution in [0.4, 0.5) is 0 Å². The van der Waals surface area contributed by atoms with E-state index in [0.29, 0.717) is 23.3 Å². The minimum atomic E-state index is -0.342. The fourth-order valence-corrected chi connectivity index (χ4v) is 2.63. The number of likely N-dealkylation sites (N-methyl/N-ethyl adjacent to an activating group) is 2. The monoisotopic (exact) mass is 373 g/mol. The van der Waals surface area contributed by atoms with Gasteiger partial charge in [0.15, 0.2) is 0 Å². The number of aromatic nitrogens is 2. The number of benzene rings is 1. The molecule has 1 aromatic carbocycles. The molecular weight excluding hydrogens is 346 g/mol. The predicted octanol–water partition coefficient (Wildman–Crippen LogP) is 0.728. The zero-order chi connectivity index (χ0) is 20.2. The number of H-pyrrole nitrogens is 1. The summed E-state index contributed by atoms with van der Waals surface area (Å²) in [5.74, 6) is 0.0911. The molecule has 0 spiro atoms. The molecular formula is C19H27N5O3. The van der Waals surface area contributed by atoms with E-state index < -0.39 is 0 Å². The number of hydrogen-bond acceptors (Lipinski definition) is 5. The van der Waals surface area contributed by atoms with Crippen LogP contribution in [0, 0.1) is 0 Å². The Bertz CT molecular complexity index is 885. The van der Waals surface area contributed by atoms with E-state index >= 15 is 0 Å². The van der Waals surface area contributed by atoms with E-state index in [1.165, 1.54) is 4.90 Å². The van der Waals surface area contributed by atoms with Crippen molar-refractivity contribution >= 4 is 22.7 Å². The average Bonchev–Trinajstić information content (AvgIpc) is 2.52. The van der Waals surface area contributed by atoms with Crippen molar-refractivity contribution in [1.82, 2.24) is 25.1 Å². The summed E-state index contributed by atoms with van der Waals surface area (Å²) in [6.07, 6.45) is 0. The van der Waals surface area contributed by atoms with Crippen LogP contribution in [0.1, 0.15) is 26.6 Å². The molecule has 1 heterocycles. The highest BCUT2D eigenvalue weighted by Crippen LogP contribution is 2.06. The molecule has 0 fully saturated rings. The summed E-state index contributed by atoms with van der Waals surface area (Å²) in [7, 11) is 3.35. The van der Waals surface area contributed by atoms with Crippen LogP contribution in [0.5, 0.6) is 0 Å². The van der Waals surface area contributed by atoms with Crippen molar-refractivity contribution in [2.45, 2.75) is 32.9 Å². The third kappa shape index (κ3) is 6.18. The van der Waals surface area contributed by atoms with E-state index in [1.807, 2.05) is 26.8 Å². The number of carbonyl (C=O) groups excluding carboxylic acids is 2. The first-order valence-corrected chi connectivity index (χ1v) is 8.76. The van der Waals surface area contributed by atoms with Gasteiger partial charge in [-0.3, -0.25) is 19.3 Å². The van der Waals surface area contributed by atoms with Gasteiger partial charge in [-0.15, -0.1) is 0 Å². The Labute approximate surface area is 158 Å². The van der Waals surface area contributed by atoms with E-state index in [0.717, 1.165) is 0 Å². The predicted molar refractivity (Wildman–Crippen MR) is 104 cm³/mol. The summed E-state index contributed by atoms with van der Waals surface area (Å²) in [5.41, 5.74) is 0.0732. The summed E-state index contributed by atoms with van der Waals surface area (Å²) in [4.78, 5) is 46.7. The normalized spacial score (nSPS) is 11.6. The van der Waals surface area contributed by atoms with Crippen molar-refractivity contribution in [2.75, 3.05) is 27.2 Å². The van der Waals surface area contributed by atoms with Gasteiger partial charge in [-0.05, 0) is 40.0 Å². The topological polar surface area (TPSA) is 98.4 Å². The Morgan fingerprint density at radius 1 is 1.15 bits per heavy atom. The van der Waals surface area contributed by atoms with Crippen LogP contribution in [-0.2, 0) is 16.1 Å². The van der Waals surface area contributed by atoms with Gasteiger partial charge >= 0.3 is 0 Å². The summed E-state index contributed by atoms with van der Waals surface area (Å²) in [6.45, 7) is 6.08. The highest BCUT2D eigenvalue weighted by atomic mass is 16.2. The molecule has 2 amide bonds. The standard InChI is InChI=1S/C19H27N5O3/c1-19(2,3)22-16(25)11-24(5)17(26)12-23(4)10-15-20-14-9-7-6-8-13(14)18(27)21-15/h6-9H,10-12H2,1-5H3,(H,22,25)(H,20,21,27). The molecule has 0 radical (unpaired) electrons. The van der Waals surface area contributed by atoms with Crippen LogP contribution in [0.15, 0.2) is 29.1 Å². The van der Waals surface area contributed by atoms with Gasteiger partial charge in [-0.2, -0.15) is 0 Å². The summed E-state index contributed by atoms with van der Waals surface area (Å²) in [5, 5.41) is 3.36. The molecule has 8 heteroatoms. The maximum atomic E-state index is 12.3. The molecule has 1 aromatic heterocycles. The number of para-hydroxylation sites is 1. The van der Waals surface area contributed by atoms with Gasteiger partial charge in [0.05, 0.1) is 30.5 Å². The molecule has 0 aliphatic carbocycles. The van der Waals surface area contributed by atoms with Gasteiger partial charge in [0.1, 0.15) is 5.82 Å². The molecule has 0 unspecified atom stereocenters. The van der Waals surface area contributed by atoms with Gasteiger partial charge in [0.2, 0.25) is 11.8 Å². The van der Waals surface area contributed by atoms with Crippen LogP contribution >= 0.6 is 0 Å². The summed E-state index contributed by atoms with van der Waals surface area (Å²) in [6, 6.07) is 7.11. The molecule has 2 N–H and O–H groups in total. The van der Waals surface area contributed by atoms with Gasteiger partial charge in [0.25, 0.3) is 5.56 Å². The van der Waals surface area contributed by atoms with Crippen LogP contribution < -0.4 is 10.9 Å². The number of nitrogens with zero attached hydrogens (tertiary/aromatic N) is 3. The van der Waals surface area contributed by atoms with Gasteiger partial charge in [0, 0.05) is 12.6 Å². The lowest BCUT2D eigenvalue weighted by atomic mass is 10.1. The zero-order valence-corrected chi connectivity index (χ0v) is 16.5. The lowest BCUT2D eigenvalue weighted by Crippen LogP contribution is -2.47. The van der Waals surface area contributed by atoms with Crippen LogP contribution in [0.2, 0.25) is 0 Å². The third-order valence-corrected chi connectivity index (χ3v) is 3.81. The number of rotatable bonds is 6. The summed E-state index contributed by atoms with van der Waals surface area (Å²) >= 11 is 0. The van der Waals surface area contributed by atoms with Crippen molar-refractivity contribution in [1.29, 1.82) is 0 Å². The van der Waals surface area contributed by atoms with E-state index in [9.17, 15) is 14.4 Å². The first kappa shape index (κ1) is 20.6. The second-order valence-corrected chi connectivity index (χ2v) is 7.75. The molecule has 0 bridgehead atoms. The van der Waals surface area contributed by atoms with Crippen LogP contribution in [-0.4, -0.2) is 64.3 Å². The highest BCUT2D eigenvalue weighted by molar-refractivity contribution is 5.85. The Morgan fingerprint density at radius 3 is 2.48 bits per heavy atom. The Hall–Kier alpha value is -2.74. The quantitative estimate of drug-likeness (QED) is 0.778. The lowest BCUT2D eigenvalue weighted by molar-refractivity contribution is -0.136. The van der Waals surface area contributed by atoms with Crippen molar-refractivity contribution in [3.05, 3.63) is 40.4 Å². The first-order chi connectivity index (χ1) is 12.5. The lowest BCUT2D eigenvalue weighted by Gasteiger charge is -2.24. The number of nitrogens with one attached hydrogen (secondary N) is 2. The molecule has 0 saturated heterocycles. The largest absolute Gasteiger partial charge is 0.350 e. The Balaban J connectivity index is 1.95. The number of fused-ring (bicyclic) bond motifs is 1. The number of amides is 2. The molecule has 2 rings (SSSR count). The third-order valence-electron chi connectivity index (χ3n) is 3.81. The van der Waals surface area contributed by atoms with Gasteiger partial charge in [-0.1, -0.05) is 12.1 Å². The summed E-state index contributed by atoms with van der Waals surface area (Å²) < 4.78 is 0. The second-order valence-electron chi connectivity index (χ2n) is 7.75. The van der Waals surface area contributed by atoms with Crippen molar-refractivity contribution in [2.24, 2.45) is 0 Å². The Morgan fingerprint density at radius 2 is 1.81 bits per heavy atom. The molecule has 0 saturated carbocycles. The van der Waals surface area contributed by atoms with Crippen LogP contribution in [0.3, 0.4) is 0 Å². The Kier molecular flexibility index (Phi) is 6.32. The fourth-order valence-electron chi connectivity index (χ4n) is 2.63. The fraction of sp³-hybridized carbons (Fsp3) is 0.474. The smallest absolute Gasteiger partial charge is 0.258 e. The first-order valence-electron chi connectivity index (χ1n) is 8.76. The van der Waals surface area contributed by atoms with E-state index in [4.69, 9.17) is 0 Å². The minimum absolute atomic E-state index is 0.00496. The highest BCUT2D eigenvalue weighted by Gasteiger charge is 2.19.